The summed E-state index contributed by atoms with van der Waals surface area (Å²) < 4.78 is 0. The van der Waals surface area contributed by atoms with Gasteiger partial charge in [0, 0.05) is 6.92 Å². The van der Waals surface area contributed by atoms with E-state index in [1.807, 2.05) is 24.3 Å². The Kier molecular flexibility index (Phi) is 2.56. The molecule has 2 aromatic carbocycles. The number of nitrogens with one attached hydrogen (secondary N) is 1. The molecule has 1 aliphatic rings. The number of carbonyl (C=O) groups is 2. The largest absolute Gasteiger partial charge is 0.320 e. The molecular weight excluding hydrogens is 240 g/mol. The lowest BCUT2D eigenvalue weighted by Crippen LogP contribution is -2.23. The SMILES string of the molecule is CC(=O)N1c2ccccc2NC(=O)c2ccccc21. The smallest absolute Gasteiger partial charge is 0.257 e. The van der Waals surface area contributed by atoms with Crippen molar-refractivity contribution in [3.63, 3.8) is 0 Å². The summed E-state index contributed by atoms with van der Waals surface area (Å²) in [6.07, 6.45) is 0. The predicted molar refractivity (Wildman–Crippen MR) is 73.7 cm³/mol. The Morgan fingerprint density at radius 3 is 2.37 bits per heavy atom. The minimum Gasteiger partial charge on any atom is -0.320 e. The van der Waals surface area contributed by atoms with Crippen LogP contribution in [-0.2, 0) is 4.79 Å². The Balaban J connectivity index is 2.32. The second-order valence-electron chi connectivity index (χ2n) is 4.34. The minimum atomic E-state index is -0.202. The maximum Gasteiger partial charge on any atom is 0.257 e. The average Bonchev–Trinajstić information content (AvgIpc) is 2.53. The van der Waals surface area contributed by atoms with E-state index < -0.39 is 0 Å². The topological polar surface area (TPSA) is 49.4 Å². The lowest BCUT2D eigenvalue weighted by Gasteiger charge is -2.22. The van der Waals surface area contributed by atoms with Crippen molar-refractivity contribution < 1.29 is 9.59 Å². The summed E-state index contributed by atoms with van der Waals surface area (Å²) in [5, 5.41) is 2.83. The molecule has 1 N–H and O–H groups in total. The summed E-state index contributed by atoms with van der Waals surface area (Å²) in [6, 6.07) is 14.4. The third kappa shape index (κ3) is 1.78. The first kappa shape index (κ1) is 11.5. The van der Waals surface area contributed by atoms with Gasteiger partial charge in [-0.1, -0.05) is 24.3 Å². The van der Waals surface area contributed by atoms with Crippen LogP contribution >= 0.6 is 0 Å². The summed E-state index contributed by atoms with van der Waals surface area (Å²) in [4.78, 5) is 25.7. The van der Waals surface area contributed by atoms with Gasteiger partial charge in [-0.25, -0.2) is 0 Å². The molecule has 0 atom stereocenters. The van der Waals surface area contributed by atoms with Crippen LogP contribution in [0.3, 0.4) is 0 Å². The second-order valence-corrected chi connectivity index (χ2v) is 4.34. The molecule has 4 nitrogen and oxygen atoms in total. The van der Waals surface area contributed by atoms with Gasteiger partial charge in [0.1, 0.15) is 0 Å². The van der Waals surface area contributed by atoms with Gasteiger partial charge < -0.3 is 5.32 Å². The highest BCUT2D eigenvalue weighted by molar-refractivity contribution is 6.17. The number of fused-ring (bicyclic) bond motifs is 2. The van der Waals surface area contributed by atoms with Gasteiger partial charge >= 0.3 is 0 Å². The molecule has 0 unspecified atom stereocenters. The molecule has 94 valence electrons. The normalized spacial score (nSPS) is 13.1. The van der Waals surface area contributed by atoms with Crippen molar-refractivity contribution in [1.29, 1.82) is 0 Å². The van der Waals surface area contributed by atoms with E-state index in [9.17, 15) is 9.59 Å². The van der Waals surface area contributed by atoms with Gasteiger partial charge in [-0.05, 0) is 24.3 Å². The number of benzene rings is 2. The highest BCUT2D eigenvalue weighted by Crippen LogP contribution is 2.37. The van der Waals surface area contributed by atoms with E-state index in [1.54, 1.807) is 29.2 Å². The number of carbonyl (C=O) groups excluding carboxylic acids is 2. The number of hydrogen-bond acceptors (Lipinski definition) is 2. The van der Waals surface area contributed by atoms with Gasteiger partial charge in [-0.15, -0.1) is 0 Å². The first-order valence-corrected chi connectivity index (χ1v) is 5.98. The van der Waals surface area contributed by atoms with Crippen molar-refractivity contribution in [2.45, 2.75) is 6.92 Å². The van der Waals surface area contributed by atoms with Gasteiger partial charge in [-0.3, -0.25) is 14.5 Å². The van der Waals surface area contributed by atoms with Gasteiger partial charge in [0.15, 0.2) is 0 Å². The first-order chi connectivity index (χ1) is 9.18. The number of para-hydroxylation sites is 3. The van der Waals surface area contributed by atoms with E-state index in [-0.39, 0.29) is 11.8 Å². The number of anilines is 3. The Morgan fingerprint density at radius 1 is 1.00 bits per heavy atom. The number of rotatable bonds is 0. The Hall–Kier alpha value is -2.62. The maximum absolute atomic E-state index is 12.2. The first-order valence-electron chi connectivity index (χ1n) is 5.98. The van der Waals surface area contributed by atoms with Crippen molar-refractivity contribution in [3.8, 4) is 0 Å². The molecule has 0 spiro atoms. The Labute approximate surface area is 110 Å². The Morgan fingerprint density at radius 2 is 1.63 bits per heavy atom. The molecule has 2 amide bonds. The third-order valence-corrected chi connectivity index (χ3v) is 3.10. The molecule has 0 saturated carbocycles. The molecule has 1 heterocycles. The van der Waals surface area contributed by atoms with Crippen LogP contribution < -0.4 is 10.2 Å². The third-order valence-electron chi connectivity index (χ3n) is 3.10. The molecule has 0 radical (unpaired) electrons. The predicted octanol–water partition coefficient (Wildman–Crippen LogP) is 2.94. The summed E-state index contributed by atoms with van der Waals surface area (Å²) in [5.74, 6) is -0.330. The van der Waals surface area contributed by atoms with Crippen LogP contribution in [0, 0.1) is 0 Å². The molecule has 0 bridgehead atoms. The van der Waals surface area contributed by atoms with Crippen LogP contribution in [0.5, 0.6) is 0 Å². The molecule has 0 saturated heterocycles. The van der Waals surface area contributed by atoms with Crippen LogP contribution in [0.1, 0.15) is 17.3 Å². The summed E-state index contributed by atoms with van der Waals surface area (Å²) in [5.41, 5.74) is 2.43. The monoisotopic (exact) mass is 252 g/mol. The van der Waals surface area contributed by atoms with E-state index in [2.05, 4.69) is 5.32 Å². The second kappa shape index (κ2) is 4.24. The van der Waals surface area contributed by atoms with Crippen LogP contribution in [0.2, 0.25) is 0 Å². The van der Waals surface area contributed by atoms with E-state index in [4.69, 9.17) is 0 Å². The Bertz CT molecular complexity index is 679. The number of amides is 2. The van der Waals surface area contributed by atoms with Gasteiger partial charge in [0.05, 0.1) is 22.6 Å². The average molecular weight is 252 g/mol. The minimum absolute atomic E-state index is 0.128. The standard InChI is InChI=1S/C15H12N2O2/c1-10(18)17-13-8-4-2-6-11(13)15(19)16-12-7-3-5-9-14(12)17/h2-9H,1H3,(H,16,19). The van der Waals surface area contributed by atoms with Crippen molar-refractivity contribution in [1.82, 2.24) is 0 Å². The van der Waals surface area contributed by atoms with Crippen LogP contribution in [0.15, 0.2) is 48.5 Å². The molecule has 4 heteroatoms. The van der Waals surface area contributed by atoms with Crippen molar-refractivity contribution in [2.75, 3.05) is 10.2 Å². The van der Waals surface area contributed by atoms with Gasteiger partial charge in [0.2, 0.25) is 5.91 Å². The van der Waals surface area contributed by atoms with E-state index >= 15 is 0 Å². The van der Waals surface area contributed by atoms with E-state index in [0.29, 0.717) is 22.6 Å². The van der Waals surface area contributed by atoms with Crippen molar-refractivity contribution in [3.05, 3.63) is 54.1 Å². The van der Waals surface area contributed by atoms with E-state index in [0.717, 1.165) is 0 Å². The number of hydrogen-bond donors (Lipinski definition) is 1. The summed E-state index contributed by atoms with van der Waals surface area (Å²) in [6.45, 7) is 1.49. The fourth-order valence-electron chi connectivity index (χ4n) is 2.29. The highest BCUT2D eigenvalue weighted by atomic mass is 16.2. The summed E-state index contributed by atoms with van der Waals surface area (Å²) in [7, 11) is 0. The number of nitrogens with zero attached hydrogens (tertiary/aromatic N) is 1. The fraction of sp³-hybridized carbons (Fsp3) is 0.0667. The molecule has 0 fully saturated rings. The lowest BCUT2D eigenvalue weighted by atomic mass is 10.1. The zero-order valence-electron chi connectivity index (χ0n) is 10.4. The quantitative estimate of drug-likeness (QED) is 0.783. The summed E-state index contributed by atoms with van der Waals surface area (Å²) >= 11 is 0. The molecule has 1 aliphatic heterocycles. The zero-order chi connectivity index (χ0) is 13.4. The molecule has 0 aliphatic carbocycles. The fourth-order valence-corrected chi connectivity index (χ4v) is 2.29. The van der Waals surface area contributed by atoms with E-state index in [1.165, 1.54) is 6.92 Å². The van der Waals surface area contributed by atoms with Gasteiger partial charge in [-0.2, -0.15) is 0 Å². The zero-order valence-corrected chi connectivity index (χ0v) is 10.4. The van der Waals surface area contributed by atoms with Crippen molar-refractivity contribution >= 4 is 28.9 Å². The highest BCUT2D eigenvalue weighted by Gasteiger charge is 2.26. The van der Waals surface area contributed by atoms with Crippen LogP contribution in [0.4, 0.5) is 17.1 Å². The van der Waals surface area contributed by atoms with Gasteiger partial charge in [0.25, 0.3) is 5.91 Å². The molecular formula is C15H12N2O2. The van der Waals surface area contributed by atoms with Crippen LogP contribution in [-0.4, -0.2) is 11.8 Å². The maximum atomic E-state index is 12.2. The molecule has 0 aromatic heterocycles. The van der Waals surface area contributed by atoms with Crippen LogP contribution in [0.25, 0.3) is 0 Å². The van der Waals surface area contributed by atoms with Crippen molar-refractivity contribution in [2.24, 2.45) is 0 Å². The molecule has 3 rings (SSSR count). The lowest BCUT2D eigenvalue weighted by molar-refractivity contribution is -0.115. The molecule has 19 heavy (non-hydrogen) atoms. The molecule has 2 aromatic rings.